The van der Waals surface area contributed by atoms with Crippen LogP contribution in [0.15, 0.2) is 65.6 Å². The molecule has 8 nitrogen and oxygen atoms in total. The van der Waals surface area contributed by atoms with Gasteiger partial charge in [-0.25, -0.2) is 31.7 Å². The lowest BCUT2D eigenvalue weighted by atomic mass is 9.70. The van der Waals surface area contributed by atoms with E-state index in [0.717, 1.165) is 48.8 Å². The number of rotatable bonds is 10. The number of nitrogens with zero attached hydrogens (tertiary/aromatic N) is 4. The number of benzene rings is 3. The molecule has 0 saturated carbocycles. The minimum atomic E-state index is -4.35. The van der Waals surface area contributed by atoms with Gasteiger partial charge >= 0.3 is 0 Å². The number of amides is 1. The number of imidazole rings is 1. The Bertz CT molecular complexity index is 2000. The van der Waals surface area contributed by atoms with Crippen molar-refractivity contribution in [1.29, 1.82) is 0 Å². The summed E-state index contributed by atoms with van der Waals surface area (Å²) in [6.45, 7) is 4.07. The molecule has 266 valence electrons. The molecule has 1 aromatic heterocycles. The number of fused-ring (bicyclic) bond motifs is 3. The first-order valence-electron chi connectivity index (χ1n) is 17.7. The predicted molar refractivity (Wildman–Crippen MR) is 185 cm³/mol. The van der Waals surface area contributed by atoms with Crippen LogP contribution in [0.5, 0.6) is 0 Å². The summed E-state index contributed by atoms with van der Waals surface area (Å²) in [4.78, 5) is 21.9. The van der Waals surface area contributed by atoms with Crippen LogP contribution >= 0.6 is 0 Å². The lowest BCUT2D eigenvalue weighted by Gasteiger charge is -2.45. The summed E-state index contributed by atoms with van der Waals surface area (Å²) in [5.74, 6) is -1.38. The highest BCUT2D eigenvalue weighted by Crippen LogP contribution is 2.45. The van der Waals surface area contributed by atoms with Gasteiger partial charge in [0.15, 0.2) is 0 Å². The maximum atomic E-state index is 14.6. The number of carbonyl (C=O) groups is 1. The molecule has 0 radical (unpaired) electrons. The van der Waals surface area contributed by atoms with E-state index in [1.807, 2.05) is 17.0 Å². The van der Waals surface area contributed by atoms with Gasteiger partial charge in [0.1, 0.15) is 28.2 Å². The number of hydrogen-bond donors (Lipinski definition) is 1. The maximum absolute atomic E-state index is 14.6. The van der Waals surface area contributed by atoms with Crippen molar-refractivity contribution in [2.75, 3.05) is 19.6 Å². The number of sulfonamides is 1. The third kappa shape index (κ3) is 6.81. The fourth-order valence-corrected chi connectivity index (χ4v) is 9.68. The SMILES string of the molecule is Cc1nc2ccccc2n1C1CC2CCC(C1)N2CCC1(c2cccc(F)c2)CCN(C(=O)CCCc2cc(S(N)(=O)=O)c(F)cc2F)CC1. The Morgan fingerprint density at radius 3 is 2.36 bits per heavy atom. The molecule has 3 aromatic carbocycles. The molecule has 0 spiro atoms. The summed E-state index contributed by atoms with van der Waals surface area (Å²) in [7, 11) is -4.35. The van der Waals surface area contributed by atoms with E-state index in [2.05, 4.69) is 34.6 Å². The van der Waals surface area contributed by atoms with Gasteiger partial charge in [0.25, 0.3) is 0 Å². The van der Waals surface area contributed by atoms with E-state index in [1.54, 1.807) is 12.1 Å². The van der Waals surface area contributed by atoms with Gasteiger partial charge in [-0.3, -0.25) is 9.69 Å². The van der Waals surface area contributed by atoms with Crippen molar-refractivity contribution < 1.29 is 26.4 Å². The summed E-state index contributed by atoms with van der Waals surface area (Å²) < 4.78 is 68.8. The van der Waals surface area contributed by atoms with Gasteiger partial charge in [-0.05, 0) is 118 Å². The molecule has 2 bridgehead atoms. The predicted octanol–water partition coefficient (Wildman–Crippen LogP) is 6.55. The summed E-state index contributed by atoms with van der Waals surface area (Å²) >= 11 is 0. The van der Waals surface area contributed by atoms with Crippen LogP contribution in [-0.4, -0.2) is 65.4 Å². The van der Waals surface area contributed by atoms with Crippen LogP contribution in [0.4, 0.5) is 13.2 Å². The Hall–Kier alpha value is -3.74. The molecule has 7 rings (SSSR count). The lowest BCUT2D eigenvalue weighted by molar-refractivity contribution is -0.133. The molecule has 4 heterocycles. The van der Waals surface area contributed by atoms with Crippen LogP contribution in [0.3, 0.4) is 0 Å². The van der Waals surface area contributed by atoms with Crippen LogP contribution in [0, 0.1) is 24.4 Å². The van der Waals surface area contributed by atoms with Gasteiger partial charge in [-0.1, -0.05) is 24.3 Å². The Labute approximate surface area is 291 Å². The number of piperidine rings is 2. The van der Waals surface area contributed by atoms with Crippen LogP contribution < -0.4 is 5.14 Å². The molecule has 2 unspecified atom stereocenters. The number of para-hydroxylation sites is 2. The molecule has 2 atom stereocenters. The number of halogens is 3. The first-order chi connectivity index (χ1) is 23.9. The first-order valence-corrected chi connectivity index (χ1v) is 19.2. The van der Waals surface area contributed by atoms with Crippen LogP contribution in [0.1, 0.15) is 80.8 Å². The zero-order chi connectivity index (χ0) is 35.2. The molecule has 3 fully saturated rings. The largest absolute Gasteiger partial charge is 0.343 e. The third-order valence-electron chi connectivity index (χ3n) is 11.6. The Morgan fingerprint density at radius 1 is 0.940 bits per heavy atom. The van der Waals surface area contributed by atoms with Crippen LogP contribution in [0.25, 0.3) is 11.0 Å². The summed E-state index contributed by atoms with van der Waals surface area (Å²) in [6, 6.07) is 18.1. The molecule has 3 aliphatic rings. The van der Waals surface area contributed by atoms with Crippen molar-refractivity contribution in [1.82, 2.24) is 19.4 Å². The zero-order valence-electron chi connectivity index (χ0n) is 28.3. The van der Waals surface area contributed by atoms with E-state index in [1.165, 1.54) is 24.4 Å². The second kappa shape index (κ2) is 13.8. The van der Waals surface area contributed by atoms with E-state index in [4.69, 9.17) is 10.1 Å². The van der Waals surface area contributed by atoms with Crippen molar-refractivity contribution in [3.63, 3.8) is 0 Å². The molecule has 12 heteroatoms. The first kappa shape index (κ1) is 34.7. The molecular weight excluding hydrogens is 664 g/mol. The highest BCUT2D eigenvalue weighted by molar-refractivity contribution is 7.89. The number of carbonyl (C=O) groups excluding carboxylic acids is 1. The number of hydrogen-bond acceptors (Lipinski definition) is 5. The summed E-state index contributed by atoms with van der Waals surface area (Å²) in [5.41, 5.74) is 2.95. The Morgan fingerprint density at radius 2 is 1.66 bits per heavy atom. The van der Waals surface area contributed by atoms with E-state index in [-0.39, 0.29) is 42.0 Å². The molecule has 0 aliphatic carbocycles. The monoisotopic (exact) mass is 707 g/mol. The van der Waals surface area contributed by atoms with E-state index < -0.39 is 26.6 Å². The molecule has 1 amide bonds. The second-order valence-corrected chi connectivity index (χ2v) is 16.0. The van der Waals surface area contributed by atoms with Crippen LogP contribution in [0.2, 0.25) is 0 Å². The fourth-order valence-electron chi connectivity index (χ4n) is 9.04. The average Bonchev–Trinajstić information content (AvgIpc) is 3.54. The Balaban J connectivity index is 0.995. The van der Waals surface area contributed by atoms with Gasteiger partial charge in [-0.15, -0.1) is 0 Å². The zero-order valence-corrected chi connectivity index (χ0v) is 29.1. The topological polar surface area (TPSA) is 102 Å². The number of aromatic nitrogens is 2. The van der Waals surface area contributed by atoms with E-state index in [9.17, 15) is 26.4 Å². The van der Waals surface area contributed by atoms with Crippen molar-refractivity contribution in [2.45, 2.75) is 99.6 Å². The third-order valence-corrected chi connectivity index (χ3v) is 12.5. The van der Waals surface area contributed by atoms with Gasteiger partial charge < -0.3 is 9.47 Å². The number of primary sulfonamides is 1. The van der Waals surface area contributed by atoms with Crippen LogP contribution in [-0.2, 0) is 26.7 Å². The average molecular weight is 708 g/mol. The molecule has 50 heavy (non-hydrogen) atoms. The van der Waals surface area contributed by atoms with Gasteiger partial charge in [0, 0.05) is 43.7 Å². The fraction of sp³-hybridized carbons (Fsp3) is 0.474. The minimum absolute atomic E-state index is 0.00139. The van der Waals surface area contributed by atoms with E-state index in [0.29, 0.717) is 50.1 Å². The number of likely N-dealkylation sites (tertiary alicyclic amines) is 1. The summed E-state index contributed by atoms with van der Waals surface area (Å²) in [5, 5.41) is 5.07. The smallest absolute Gasteiger partial charge is 0.240 e. The second-order valence-electron chi connectivity index (χ2n) is 14.5. The van der Waals surface area contributed by atoms with Crippen molar-refractivity contribution in [2.24, 2.45) is 5.14 Å². The maximum Gasteiger partial charge on any atom is 0.240 e. The standard InChI is InChI=1S/C38H44F3N5O3S/c1-25-43-34-9-2-3-10-35(34)46(25)31-22-29-12-13-30(23-31)45(29)19-16-38(27-7-5-8-28(39)21-27)14-17-44(18-15-38)37(47)11-4-6-26-20-36(50(42,48)49)33(41)24-32(26)40/h2-3,5,7-10,20-21,24,29-31H,4,6,11-19,22-23H2,1H3,(H2,42,48,49). The minimum Gasteiger partial charge on any atom is -0.343 e. The molecule has 3 saturated heterocycles. The Kier molecular flexibility index (Phi) is 9.55. The molecular formula is C38H44F3N5O3S. The number of nitrogens with two attached hydrogens (primary N) is 1. The molecule has 3 aliphatic heterocycles. The quantitative estimate of drug-likeness (QED) is 0.202. The molecule has 2 N–H and O–H groups in total. The van der Waals surface area contributed by atoms with Crippen molar-refractivity contribution in [3.05, 3.63) is 95.1 Å². The van der Waals surface area contributed by atoms with Gasteiger partial charge in [-0.2, -0.15) is 0 Å². The van der Waals surface area contributed by atoms with Gasteiger partial charge in [0.05, 0.1) is 11.0 Å². The van der Waals surface area contributed by atoms with Gasteiger partial charge in [0.2, 0.25) is 15.9 Å². The van der Waals surface area contributed by atoms with Crippen molar-refractivity contribution >= 4 is 27.0 Å². The molecule has 4 aromatic rings. The van der Waals surface area contributed by atoms with E-state index >= 15 is 0 Å². The summed E-state index contributed by atoms with van der Waals surface area (Å²) in [6.07, 6.45) is 7.27. The lowest BCUT2D eigenvalue weighted by Crippen LogP contribution is -2.49. The highest BCUT2D eigenvalue weighted by Gasteiger charge is 2.44. The number of aryl methyl sites for hydroxylation is 2. The highest BCUT2D eigenvalue weighted by atomic mass is 32.2. The normalized spacial score (nSPS) is 22.3. The van der Waals surface area contributed by atoms with Crippen molar-refractivity contribution in [3.8, 4) is 0 Å².